The summed E-state index contributed by atoms with van der Waals surface area (Å²) in [6.07, 6.45) is 9.43. The lowest BCUT2D eigenvalue weighted by Crippen LogP contribution is -2.32. The fourth-order valence-electron chi connectivity index (χ4n) is 3.82. The van der Waals surface area contributed by atoms with Gasteiger partial charge < -0.3 is 15.4 Å². The maximum Gasteiger partial charge on any atom is 0.251 e. The van der Waals surface area contributed by atoms with Gasteiger partial charge in [-0.05, 0) is 55.9 Å². The zero-order valence-corrected chi connectivity index (χ0v) is 13.1. The third-order valence-corrected chi connectivity index (χ3v) is 5.08. The number of aliphatic hydroxyl groups is 1. The Hall–Kier alpha value is -2.07. The number of benzene rings is 1. The molecule has 4 nitrogen and oxygen atoms in total. The summed E-state index contributed by atoms with van der Waals surface area (Å²) in [4.78, 5) is 16.0. The van der Waals surface area contributed by atoms with Crippen LogP contribution in [0, 0.1) is 5.92 Å². The van der Waals surface area contributed by atoms with Crippen LogP contribution in [-0.4, -0.2) is 28.6 Å². The summed E-state index contributed by atoms with van der Waals surface area (Å²) in [5.74, 6) is 0.130. The van der Waals surface area contributed by atoms with Gasteiger partial charge in [-0.1, -0.05) is 12.2 Å². The Morgan fingerprint density at radius 2 is 2.13 bits per heavy atom. The second kappa shape index (κ2) is 5.85. The average molecular weight is 310 g/mol. The number of fused-ring (bicyclic) bond motifs is 3. The first kappa shape index (κ1) is 14.5. The molecule has 1 aromatic carbocycles. The molecule has 0 fully saturated rings. The standard InChI is InChI=1S/C19H22N2O2/c22-11-12-5-7-14(9-12)20-19(23)13-6-8-18-16(10-13)15-3-1-2-4-17(15)21-18/h5-8,10,12,14,21-22H,1-4,9,11H2,(H,20,23)/t12-,14+/m0/s1. The Labute approximate surface area is 135 Å². The van der Waals surface area contributed by atoms with Crippen molar-refractivity contribution < 1.29 is 9.90 Å². The molecule has 0 aliphatic heterocycles. The molecule has 0 bridgehead atoms. The number of nitrogens with one attached hydrogen (secondary N) is 2. The number of H-pyrrole nitrogens is 1. The summed E-state index contributed by atoms with van der Waals surface area (Å²) < 4.78 is 0. The molecule has 4 heteroatoms. The highest BCUT2D eigenvalue weighted by Crippen LogP contribution is 2.29. The normalized spacial score (nSPS) is 23.2. The van der Waals surface area contributed by atoms with Crippen LogP contribution in [0.2, 0.25) is 0 Å². The Morgan fingerprint density at radius 1 is 1.26 bits per heavy atom. The number of carbonyl (C=O) groups excluding carboxylic acids is 1. The molecule has 2 aliphatic rings. The van der Waals surface area contributed by atoms with Crippen LogP contribution in [-0.2, 0) is 12.8 Å². The van der Waals surface area contributed by atoms with Gasteiger partial charge in [0.05, 0.1) is 0 Å². The van der Waals surface area contributed by atoms with Crippen LogP contribution in [0.25, 0.3) is 10.9 Å². The van der Waals surface area contributed by atoms with E-state index in [4.69, 9.17) is 0 Å². The second-order valence-electron chi connectivity index (χ2n) is 6.69. The van der Waals surface area contributed by atoms with E-state index in [2.05, 4.69) is 10.3 Å². The fraction of sp³-hybridized carbons (Fsp3) is 0.421. The van der Waals surface area contributed by atoms with Gasteiger partial charge in [-0.15, -0.1) is 0 Å². The lowest BCUT2D eigenvalue weighted by molar-refractivity contribution is 0.0941. The molecule has 0 unspecified atom stereocenters. The van der Waals surface area contributed by atoms with E-state index in [1.807, 2.05) is 30.4 Å². The molecule has 0 saturated carbocycles. The van der Waals surface area contributed by atoms with Crippen molar-refractivity contribution in [3.63, 3.8) is 0 Å². The van der Waals surface area contributed by atoms with Crippen LogP contribution < -0.4 is 5.32 Å². The van der Waals surface area contributed by atoms with Gasteiger partial charge in [-0.3, -0.25) is 4.79 Å². The topological polar surface area (TPSA) is 65.1 Å². The van der Waals surface area contributed by atoms with E-state index in [1.54, 1.807) is 0 Å². The first-order valence-electron chi connectivity index (χ1n) is 8.48. The first-order valence-corrected chi connectivity index (χ1v) is 8.48. The van der Waals surface area contributed by atoms with Gasteiger partial charge in [0.2, 0.25) is 0 Å². The van der Waals surface area contributed by atoms with Crippen LogP contribution in [0.1, 0.15) is 40.9 Å². The van der Waals surface area contributed by atoms with E-state index in [0.717, 1.165) is 24.8 Å². The van der Waals surface area contributed by atoms with E-state index in [-0.39, 0.29) is 24.5 Å². The molecule has 0 saturated heterocycles. The summed E-state index contributed by atoms with van der Waals surface area (Å²) in [6.45, 7) is 0.143. The smallest absolute Gasteiger partial charge is 0.251 e. The Balaban J connectivity index is 1.57. The number of aromatic nitrogens is 1. The molecule has 0 spiro atoms. The van der Waals surface area contributed by atoms with Gasteiger partial charge in [-0.2, -0.15) is 0 Å². The predicted octanol–water partition coefficient (Wildman–Crippen LogP) is 2.71. The van der Waals surface area contributed by atoms with Gasteiger partial charge in [0.25, 0.3) is 5.91 Å². The largest absolute Gasteiger partial charge is 0.396 e. The minimum Gasteiger partial charge on any atom is -0.396 e. The molecule has 1 heterocycles. The lowest BCUT2D eigenvalue weighted by Gasteiger charge is -2.13. The monoisotopic (exact) mass is 310 g/mol. The van der Waals surface area contributed by atoms with Crippen molar-refractivity contribution in [1.29, 1.82) is 0 Å². The Morgan fingerprint density at radius 3 is 2.96 bits per heavy atom. The minimum absolute atomic E-state index is 0.0236. The van der Waals surface area contributed by atoms with Crippen molar-refractivity contribution in [2.24, 2.45) is 5.92 Å². The van der Waals surface area contributed by atoms with E-state index in [9.17, 15) is 9.90 Å². The molecular formula is C19H22N2O2. The summed E-state index contributed by atoms with van der Waals surface area (Å²) in [6, 6.07) is 5.95. The Kier molecular flexibility index (Phi) is 3.69. The third kappa shape index (κ3) is 2.68. The van der Waals surface area contributed by atoms with Crippen molar-refractivity contribution >= 4 is 16.8 Å². The highest BCUT2D eigenvalue weighted by Gasteiger charge is 2.21. The molecule has 2 aliphatic carbocycles. The number of aliphatic hydroxyl groups excluding tert-OH is 1. The van der Waals surface area contributed by atoms with Crippen LogP contribution >= 0.6 is 0 Å². The number of carbonyl (C=O) groups is 1. The number of amides is 1. The molecule has 4 rings (SSSR count). The van der Waals surface area contributed by atoms with Crippen LogP contribution in [0.3, 0.4) is 0 Å². The fourth-order valence-corrected chi connectivity index (χ4v) is 3.82. The number of aromatic amines is 1. The van der Waals surface area contributed by atoms with Gasteiger partial charge in [0.15, 0.2) is 0 Å². The number of aryl methyl sites for hydroxylation is 2. The van der Waals surface area contributed by atoms with Gasteiger partial charge in [0.1, 0.15) is 0 Å². The summed E-state index contributed by atoms with van der Waals surface area (Å²) in [7, 11) is 0. The van der Waals surface area contributed by atoms with E-state index >= 15 is 0 Å². The number of rotatable bonds is 3. The van der Waals surface area contributed by atoms with Crippen molar-refractivity contribution in [2.75, 3.05) is 6.61 Å². The summed E-state index contributed by atoms with van der Waals surface area (Å²) in [5.41, 5.74) is 4.58. The molecule has 120 valence electrons. The SMILES string of the molecule is O=C(N[C@@H]1C=C[C@H](CO)C1)c1ccc2[nH]c3c(c2c1)CCCC3. The molecule has 1 aromatic heterocycles. The number of hydrogen-bond acceptors (Lipinski definition) is 2. The van der Waals surface area contributed by atoms with E-state index in [0.29, 0.717) is 5.56 Å². The van der Waals surface area contributed by atoms with Crippen molar-refractivity contribution in [3.05, 3.63) is 47.2 Å². The van der Waals surface area contributed by atoms with Crippen LogP contribution in [0.5, 0.6) is 0 Å². The zero-order chi connectivity index (χ0) is 15.8. The van der Waals surface area contributed by atoms with Crippen molar-refractivity contribution in [1.82, 2.24) is 10.3 Å². The first-order chi connectivity index (χ1) is 11.2. The summed E-state index contributed by atoms with van der Waals surface area (Å²) in [5, 5.41) is 13.4. The van der Waals surface area contributed by atoms with Gasteiger partial charge in [0, 0.05) is 40.7 Å². The second-order valence-corrected chi connectivity index (χ2v) is 6.69. The van der Waals surface area contributed by atoms with Crippen LogP contribution in [0.4, 0.5) is 0 Å². The molecule has 3 N–H and O–H groups in total. The lowest BCUT2D eigenvalue weighted by atomic mass is 9.95. The van der Waals surface area contributed by atoms with Crippen molar-refractivity contribution in [2.45, 2.75) is 38.1 Å². The van der Waals surface area contributed by atoms with Crippen LogP contribution in [0.15, 0.2) is 30.4 Å². The average Bonchev–Trinajstić information content (AvgIpc) is 3.18. The van der Waals surface area contributed by atoms with Crippen molar-refractivity contribution in [3.8, 4) is 0 Å². The zero-order valence-electron chi connectivity index (χ0n) is 13.1. The third-order valence-electron chi connectivity index (χ3n) is 5.08. The van der Waals surface area contributed by atoms with Gasteiger partial charge in [-0.25, -0.2) is 0 Å². The Bertz CT molecular complexity index is 775. The molecular weight excluding hydrogens is 288 g/mol. The molecule has 0 radical (unpaired) electrons. The van der Waals surface area contributed by atoms with Gasteiger partial charge >= 0.3 is 0 Å². The molecule has 23 heavy (non-hydrogen) atoms. The quantitative estimate of drug-likeness (QED) is 0.763. The maximum absolute atomic E-state index is 12.5. The van der Waals surface area contributed by atoms with E-state index in [1.165, 1.54) is 29.5 Å². The molecule has 2 atom stereocenters. The summed E-state index contributed by atoms with van der Waals surface area (Å²) >= 11 is 0. The predicted molar refractivity (Wildman–Crippen MR) is 90.5 cm³/mol. The molecule has 2 aromatic rings. The highest BCUT2D eigenvalue weighted by atomic mass is 16.3. The highest BCUT2D eigenvalue weighted by molar-refractivity contribution is 5.99. The van der Waals surface area contributed by atoms with E-state index < -0.39 is 0 Å². The number of hydrogen-bond donors (Lipinski definition) is 3. The maximum atomic E-state index is 12.5. The molecule has 1 amide bonds. The minimum atomic E-state index is -0.0362.